The summed E-state index contributed by atoms with van der Waals surface area (Å²) in [5.41, 5.74) is 6.15. The number of hydrogen-bond acceptors (Lipinski definition) is 2. The average Bonchev–Trinajstić information content (AvgIpc) is 3.05. The summed E-state index contributed by atoms with van der Waals surface area (Å²) in [6.45, 7) is 1.05. The van der Waals surface area contributed by atoms with Crippen LogP contribution in [-0.4, -0.2) is 16.5 Å². The van der Waals surface area contributed by atoms with Crippen LogP contribution in [0.4, 0.5) is 5.69 Å². The molecule has 0 aliphatic carbocycles. The molecule has 5 heteroatoms. The molecule has 1 aliphatic heterocycles. The van der Waals surface area contributed by atoms with E-state index < -0.39 is 0 Å². The topological polar surface area (TPSA) is 40.7 Å². The minimum atomic E-state index is 0. The maximum atomic E-state index is 4.33. The van der Waals surface area contributed by atoms with Crippen LogP contribution in [0.25, 0.3) is 22.2 Å². The van der Waals surface area contributed by atoms with Crippen LogP contribution in [-0.2, 0) is 6.42 Å². The van der Waals surface area contributed by atoms with Crippen LogP contribution in [0, 0.1) is 0 Å². The third kappa shape index (κ3) is 2.23. The van der Waals surface area contributed by atoms with Crippen LogP contribution >= 0.6 is 24.8 Å². The fraction of sp³-hybridized carbons (Fsp3) is 0.133. The zero-order chi connectivity index (χ0) is 11.9. The molecular weight excluding hydrogens is 293 g/mol. The Morgan fingerprint density at radius 2 is 1.95 bits per heavy atom. The predicted octanol–water partition coefficient (Wildman–Crippen LogP) is 4.04. The Morgan fingerprint density at radius 1 is 1.05 bits per heavy atom. The first kappa shape index (κ1) is 14.7. The second-order valence-electron chi connectivity index (χ2n) is 4.65. The molecule has 0 saturated heterocycles. The van der Waals surface area contributed by atoms with Crippen molar-refractivity contribution in [3.05, 3.63) is 48.3 Å². The highest BCUT2D eigenvalue weighted by atomic mass is 35.5. The van der Waals surface area contributed by atoms with E-state index in [9.17, 15) is 0 Å². The third-order valence-electron chi connectivity index (χ3n) is 3.59. The minimum absolute atomic E-state index is 0. The van der Waals surface area contributed by atoms with E-state index >= 15 is 0 Å². The molecule has 104 valence electrons. The van der Waals surface area contributed by atoms with Crippen molar-refractivity contribution in [2.45, 2.75) is 6.42 Å². The lowest BCUT2D eigenvalue weighted by Crippen LogP contribution is -1.90. The van der Waals surface area contributed by atoms with Crippen molar-refractivity contribution in [1.82, 2.24) is 9.97 Å². The molecule has 3 aromatic rings. The first-order valence-electron chi connectivity index (χ1n) is 6.21. The monoisotopic (exact) mass is 307 g/mol. The van der Waals surface area contributed by atoms with E-state index in [0.717, 1.165) is 18.6 Å². The zero-order valence-electron chi connectivity index (χ0n) is 10.7. The van der Waals surface area contributed by atoms with E-state index in [1.54, 1.807) is 0 Å². The Balaban J connectivity index is 0.000000735. The minimum Gasteiger partial charge on any atom is -0.384 e. The van der Waals surface area contributed by atoms with Crippen molar-refractivity contribution in [2.75, 3.05) is 11.9 Å². The standard InChI is InChI=1S/C15H13N3.2ClH/c1-2-14-11(3-6-16-14)9-10(1)12-4-7-17-15-13(12)5-8-18-15;;/h1-2,4-5,7-9,16H,3,6H2,(H,17,18);2*1H. The molecule has 0 saturated carbocycles. The molecule has 0 fully saturated rings. The van der Waals surface area contributed by atoms with Gasteiger partial charge in [0.05, 0.1) is 0 Å². The van der Waals surface area contributed by atoms with Crippen molar-refractivity contribution < 1.29 is 0 Å². The Morgan fingerprint density at radius 3 is 2.85 bits per heavy atom. The third-order valence-corrected chi connectivity index (χ3v) is 3.59. The number of pyridine rings is 1. The lowest BCUT2D eigenvalue weighted by Gasteiger charge is -2.06. The lowest BCUT2D eigenvalue weighted by molar-refractivity contribution is 1.11. The molecule has 3 heterocycles. The van der Waals surface area contributed by atoms with Gasteiger partial charge in [-0.3, -0.25) is 0 Å². The number of benzene rings is 1. The van der Waals surface area contributed by atoms with Crippen LogP contribution in [0.3, 0.4) is 0 Å². The maximum absolute atomic E-state index is 4.33. The molecule has 1 aliphatic rings. The number of aromatic nitrogens is 2. The summed E-state index contributed by atoms with van der Waals surface area (Å²) in [5.74, 6) is 0. The maximum Gasteiger partial charge on any atom is 0.137 e. The second-order valence-corrected chi connectivity index (χ2v) is 4.65. The number of fused-ring (bicyclic) bond motifs is 2. The summed E-state index contributed by atoms with van der Waals surface area (Å²) >= 11 is 0. The molecular formula is C15H15Cl2N3. The van der Waals surface area contributed by atoms with Gasteiger partial charge in [-0.15, -0.1) is 24.8 Å². The van der Waals surface area contributed by atoms with Crippen LogP contribution in [0.1, 0.15) is 5.56 Å². The molecule has 2 N–H and O–H groups in total. The number of aromatic amines is 1. The molecule has 0 radical (unpaired) electrons. The van der Waals surface area contributed by atoms with Crippen molar-refractivity contribution in [3.63, 3.8) is 0 Å². The highest BCUT2D eigenvalue weighted by Crippen LogP contribution is 2.31. The van der Waals surface area contributed by atoms with Crippen LogP contribution in [0.2, 0.25) is 0 Å². The van der Waals surface area contributed by atoms with Gasteiger partial charge in [-0.2, -0.15) is 0 Å². The van der Waals surface area contributed by atoms with Gasteiger partial charge in [0, 0.05) is 30.0 Å². The molecule has 0 bridgehead atoms. The molecule has 3 nitrogen and oxygen atoms in total. The summed E-state index contributed by atoms with van der Waals surface area (Å²) in [5, 5.41) is 4.58. The van der Waals surface area contributed by atoms with E-state index in [2.05, 4.69) is 45.6 Å². The number of nitrogens with one attached hydrogen (secondary N) is 2. The van der Waals surface area contributed by atoms with Crippen molar-refractivity contribution >= 4 is 41.5 Å². The van der Waals surface area contributed by atoms with Gasteiger partial charge in [-0.05, 0) is 47.4 Å². The number of nitrogens with zero attached hydrogens (tertiary/aromatic N) is 1. The molecule has 0 amide bonds. The van der Waals surface area contributed by atoms with E-state index in [4.69, 9.17) is 0 Å². The molecule has 2 aromatic heterocycles. The van der Waals surface area contributed by atoms with E-state index in [1.807, 2.05) is 12.4 Å². The molecule has 20 heavy (non-hydrogen) atoms. The Kier molecular flexibility index (Phi) is 4.21. The van der Waals surface area contributed by atoms with Gasteiger partial charge < -0.3 is 10.3 Å². The van der Waals surface area contributed by atoms with Gasteiger partial charge >= 0.3 is 0 Å². The average molecular weight is 308 g/mol. The smallest absolute Gasteiger partial charge is 0.137 e. The molecule has 0 spiro atoms. The van der Waals surface area contributed by atoms with E-state index in [1.165, 1.54) is 27.8 Å². The van der Waals surface area contributed by atoms with Gasteiger partial charge in [0.1, 0.15) is 5.65 Å². The van der Waals surface area contributed by atoms with Gasteiger partial charge in [0.2, 0.25) is 0 Å². The lowest BCUT2D eigenvalue weighted by atomic mass is 10.0. The first-order chi connectivity index (χ1) is 8.92. The SMILES string of the molecule is Cl.Cl.c1cc(-c2ccc3c(c2)CCN3)c2cc[nH]c2n1. The van der Waals surface area contributed by atoms with Crippen molar-refractivity contribution in [3.8, 4) is 11.1 Å². The van der Waals surface area contributed by atoms with Gasteiger partial charge in [-0.25, -0.2) is 4.98 Å². The summed E-state index contributed by atoms with van der Waals surface area (Å²) in [6.07, 6.45) is 4.92. The first-order valence-corrected chi connectivity index (χ1v) is 6.21. The van der Waals surface area contributed by atoms with E-state index in [-0.39, 0.29) is 24.8 Å². The summed E-state index contributed by atoms with van der Waals surface area (Å²) in [4.78, 5) is 7.49. The Hall–Kier alpha value is -1.71. The largest absolute Gasteiger partial charge is 0.384 e. The normalized spacial score (nSPS) is 12.2. The summed E-state index contributed by atoms with van der Waals surface area (Å²) in [7, 11) is 0. The van der Waals surface area contributed by atoms with Crippen LogP contribution < -0.4 is 5.32 Å². The number of rotatable bonds is 1. The summed E-state index contributed by atoms with van der Waals surface area (Å²) in [6, 6.07) is 10.8. The molecule has 4 rings (SSSR count). The number of hydrogen-bond donors (Lipinski definition) is 2. The van der Waals surface area contributed by atoms with Crippen molar-refractivity contribution in [1.29, 1.82) is 0 Å². The highest BCUT2D eigenvalue weighted by molar-refractivity contribution is 5.93. The van der Waals surface area contributed by atoms with E-state index in [0.29, 0.717) is 0 Å². The highest BCUT2D eigenvalue weighted by Gasteiger charge is 2.12. The number of anilines is 1. The number of H-pyrrole nitrogens is 1. The molecule has 0 unspecified atom stereocenters. The fourth-order valence-electron chi connectivity index (χ4n) is 2.68. The quantitative estimate of drug-likeness (QED) is 0.712. The molecule has 0 atom stereocenters. The van der Waals surface area contributed by atoms with Gasteiger partial charge in [0.25, 0.3) is 0 Å². The predicted molar refractivity (Wildman–Crippen MR) is 88.2 cm³/mol. The second kappa shape index (κ2) is 5.73. The molecule has 1 aromatic carbocycles. The summed E-state index contributed by atoms with van der Waals surface area (Å²) < 4.78 is 0. The Bertz CT molecular complexity index is 737. The Labute approximate surface area is 129 Å². The van der Waals surface area contributed by atoms with Crippen molar-refractivity contribution in [2.24, 2.45) is 0 Å². The van der Waals surface area contributed by atoms with Crippen LogP contribution in [0.5, 0.6) is 0 Å². The van der Waals surface area contributed by atoms with Crippen LogP contribution in [0.15, 0.2) is 42.7 Å². The fourth-order valence-corrected chi connectivity index (χ4v) is 2.68. The van der Waals surface area contributed by atoms with Gasteiger partial charge in [0.15, 0.2) is 0 Å². The van der Waals surface area contributed by atoms with Gasteiger partial charge in [-0.1, -0.05) is 6.07 Å². The number of halogens is 2. The zero-order valence-corrected chi connectivity index (χ0v) is 12.4.